The quantitative estimate of drug-likeness (QED) is 0.875. The minimum Gasteiger partial charge on any atom is -0.493 e. The van der Waals surface area contributed by atoms with Gasteiger partial charge in [0.05, 0.1) is 18.7 Å². The smallest absolute Gasteiger partial charge is 0.179 e. The van der Waals surface area contributed by atoms with Crippen LogP contribution in [0.25, 0.3) is 0 Å². The Labute approximate surface area is 132 Å². The molecule has 0 aromatic heterocycles. The molecule has 1 atom stereocenters. The van der Waals surface area contributed by atoms with Gasteiger partial charge in [-0.1, -0.05) is 11.6 Å². The Morgan fingerprint density at radius 2 is 2.24 bits per heavy atom. The minimum absolute atomic E-state index is 0.575. The van der Waals surface area contributed by atoms with Crippen molar-refractivity contribution in [1.82, 2.24) is 10.2 Å². The Hall–Kier alpha value is -0.970. The summed E-state index contributed by atoms with van der Waals surface area (Å²) in [4.78, 5) is 2.45. The van der Waals surface area contributed by atoms with Crippen LogP contribution in [0.3, 0.4) is 0 Å². The number of nitrogens with zero attached hydrogens (tertiary/aromatic N) is 1. The van der Waals surface area contributed by atoms with Crippen molar-refractivity contribution in [2.75, 3.05) is 33.9 Å². The molecule has 0 spiro atoms. The third kappa shape index (κ3) is 4.25. The van der Waals surface area contributed by atoms with Crippen LogP contribution in [0.2, 0.25) is 5.02 Å². The lowest BCUT2D eigenvalue weighted by Crippen LogP contribution is -2.43. The molecule has 5 heteroatoms. The molecular weight excluding hydrogens is 288 g/mol. The van der Waals surface area contributed by atoms with Gasteiger partial charge < -0.3 is 14.8 Å². The summed E-state index contributed by atoms with van der Waals surface area (Å²) < 4.78 is 11.0. The van der Waals surface area contributed by atoms with Gasteiger partial charge in [-0.3, -0.25) is 4.90 Å². The molecule has 0 bridgehead atoms. The lowest BCUT2D eigenvalue weighted by Gasteiger charge is -2.32. The molecule has 0 saturated carbocycles. The summed E-state index contributed by atoms with van der Waals surface area (Å²) in [6.07, 6.45) is 2.48. The largest absolute Gasteiger partial charge is 0.493 e. The maximum absolute atomic E-state index is 6.33. The van der Waals surface area contributed by atoms with Gasteiger partial charge in [0, 0.05) is 19.1 Å². The van der Waals surface area contributed by atoms with E-state index in [0.29, 0.717) is 29.2 Å². The molecule has 0 aliphatic carbocycles. The Balaban J connectivity index is 2.11. The number of ether oxygens (including phenoxy) is 2. The number of hydrogen-bond acceptors (Lipinski definition) is 4. The van der Waals surface area contributed by atoms with Gasteiger partial charge in [-0.05, 0) is 51.1 Å². The van der Waals surface area contributed by atoms with Crippen molar-refractivity contribution in [1.29, 1.82) is 0 Å². The van der Waals surface area contributed by atoms with Crippen molar-refractivity contribution in [3.8, 4) is 11.5 Å². The highest BCUT2D eigenvalue weighted by Gasteiger charge is 2.19. The van der Waals surface area contributed by atoms with Crippen molar-refractivity contribution in [2.45, 2.75) is 32.4 Å². The van der Waals surface area contributed by atoms with E-state index in [0.717, 1.165) is 25.2 Å². The van der Waals surface area contributed by atoms with E-state index in [-0.39, 0.29) is 0 Å². The molecular formula is C16H25ClN2O2. The molecule has 1 fully saturated rings. The lowest BCUT2D eigenvalue weighted by molar-refractivity contribution is 0.187. The van der Waals surface area contributed by atoms with Gasteiger partial charge in [0.25, 0.3) is 0 Å². The summed E-state index contributed by atoms with van der Waals surface area (Å²) in [7, 11) is 3.68. The van der Waals surface area contributed by atoms with Crippen molar-refractivity contribution in [2.24, 2.45) is 0 Å². The summed E-state index contributed by atoms with van der Waals surface area (Å²) >= 11 is 6.33. The number of benzene rings is 1. The van der Waals surface area contributed by atoms with Crippen LogP contribution in [0, 0.1) is 0 Å². The summed E-state index contributed by atoms with van der Waals surface area (Å²) in [5.74, 6) is 1.35. The van der Waals surface area contributed by atoms with Gasteiger partial charge in [-0.25, -0.2) is 0 Å². The molecule has 118 valence electrons. The first-order valence-electron chi connectivity index (χ1n) is 7.56. The average molecular weight is 313 g/mol. The summed E-state index contributed by atoms with van der Waals surface area (Å²) in [6.45, 7) is 5.61. The van der Waals surface area contributed by atoms with E-state index in [1.165, 1.54) is 12.8 Å². The molecule has 0 radical (unpaired) electrons. The van der Waals surface area contributed by atoms with E-state index in [9.17, 15) is 0 Å². The van der Waals surface area contributed by atoms with E-state index in [4.69, 9.17) is 21.1 Å². The SMILES string of the molecule is CCOc1c(Cl)cc(CN2CCCC(NC)C2)cc1OC. The van der Waals surface area contributed by atoms with Gasteiger partial charge in [0.15, 0.2) is 11.5 Å². The summed E-state index contributed by atoms with van der Waals surface area (Å²) in [5, 5.41) is 3.99. The number of likely N-dealkylation sites (tertiary alicyclic amines) is 1. The molecule has 1 unspecified atom stereocenters. The highest BCUT2D eigenvalue weighted by molar-refractivity contribution is 6.32. The van der Waals surface area contributed by atoms with Crippen molar-refractivity contribution >= 4 is 11.6 Å². The highest BCUT2D eigenvalue weighted by atomic mass is 35.5. The second-order valence-corrected chi connectivity index (χ2v) is 5.81. The first-order chi connectivity index (χ1) is 10.2. The van der Waals surface area contributed by atoms with Crippen molar-refractivity contribution in [3.05, 3.63) is 22.7 Å². The number of nitrogens with one attached hydrogen (secondary N) is 1. The van der Waals surface area contributed by atoms with Crippen molar-refractivity contribution < 1.29 is 9.47 Å². The molecule has 1 aliphatic rings. The fourth-order valence-electron chi connectivity index (χ4n) is 2.84. The maximum atomic E-state index is 6.33. The zero-order valence-electron chi connectivity index (χ0n) is 13.1. The van der Waals surface area contributed by atoms with Crippen LogP contribution in [-0.2, 0) is 6.54 Å². The third-order valence-corrected chi connectivity index (χ3v) is 4.18. The van der Waals surface area contributed by atoms with Gasteiger partial charge in [0.1, 0.15) is 0 Å². The lowest BCUT2D eigenvalue weighted by atomic mass is 10.0. The third-order valence-electron chi connectivity index (χ3n) is 3.90. The van der Waals surface area contributed by atoms with E-state index in [1.54, 1.807) is 7.11 Å². The Bertz CT molecular complexity index is 468. The zero-order valence-corrected chi connectivity index (χ0v) is 13.9. The number of halogens is 1. The fourth-order valence-corrected chi connectivity index (χ4v) is 3.13. The van der Waals surface area contributed by atoms with Gasteiger partial charge in [-0.15, -0.1) is 0 Å². The number of rotatable bonds is 6. The first-order valence-corrected chi connectivity index (χ1v) is 7.94. The predicted octanol–water partition coefficient (Wildman–Crippen LogP) is 2.93. The number of hydrogen-bond donors (Lipinski definition) is 1. The van der Waals surface area contributed by atoms with Gasteiger partial charge in [-0.2, -0.15) is 0 Å². The van der Waals surface area contributed by atoms with Gasteiger partial charge in [0.2, 0.25) is 0 Å². The van der Waals surface area contributed by atoms with Crippen LogP contribution in [0.5, 0.6) is 11.5 Å². The van der Waals surface area contributed by atoms with E-state index < -0.39 is 0 Å². The van der Waals surface area contributed by atoms with Gasteiger partial charge >= 0.3 is 0 Å². The average Bonchev–Trinajstić information content (AvgIpc) is 2.50. The van der Waals surface area contributed by atoms with Crippen LogP contribution in [0.15, 0.2) is 12.1 Å². The molecule has 1 heterocycles. The van der Waals surface area contributed by atoms with Crippen LogP contribution in [-0.4, -0.2) is 44.8 Å². The second-order valence-electron chi connectivity index (χ2n) is 5.40. The molecule has 2 rings (SSSR count). The first kappa shape index (κ1) is 16.4. The minimum atomic E-state index is 0.575. The molecule has 0 amide bonds. The van der Waals surface area contributed by atoms with E-state index in [2.05, 4.69) is 10.2 Å². The molecule has 1 saturated heterocycles. The summed E-state index contributed by atoms with van der Waals surface area (Å²) in [5.41, 5.74) is 1.16. The zero-order chi connectivity index (χ0) is 15.2. The van der Waals surface area contributed by atoms with E-state index >= 15 is 0 Å². The Kier molecular flexibility index (Phi) is 6.15. The summed E-state index contributed by atoms with van der Waals surface area (Å²) in [6, 6.07) is 4.59. The van der Waals surface area contributed by atoms with Crippen LogP contribution in [0.4, 0.5) is 0 Å². The Morgan fingerprint density at radius 1 is 1.43 bits per heavy atom. The molecule has 1 aromatic carbocycles. The Morgan fingerprint density at radius 3 is 2.90 bits per heavy atom. The normalized spacial score (nSPS) is 19.5. The number of piperidine rings is 1. The molecule has 1 aliphatic heterocycles. The topological polar surface area (TPSA) is 33.7 Å². The standard InChI is InChI=1S/C16H25ClN2O2/c1-4-21-16-14(17)8-12(9-15(16)20-3)10-19-7-5-6-13(11-19)18-2/h8-9,13,18H,4-7,10-11H2,1-3H3. The maximum Gasteiger partial charge on any atom is 0.179 e. The van der Waals surface area contributed by atoms with Crippen LogP contribution in [0.1, 0.15) is 25.3 Å². The second kappa shape index (κ2) is 7.87. The van der Waals surface area contributed by atoms with Crippen molar-refractivity contribution in [3.63, 3.8) is 0 Å². The van der Waals surface area contributed by atoms with Crippen LogP contribution >= 0.6 is 11.6 Å². The molecule has 1 N–H and O–H groups in total. The highest BCUT2D eigenvalue weighted by Crippen LogP contribution is 2.36. The molecule has 21 heavy (non-hydrogen) atoms. The predicted molar refractivity (Wildman–Crippen MR) is 86.5 cm³/mol. The molecule has 1 aromatic rings. The van der Waals surface area contributed by atoms with E-state index in [1.807, 2.05) is 26.1 Å². The van der Waals surface area contributed by atoms with Crippen LogP contribution < -0.4 is 14.8 Å². The fraction of sp³-hybridized carbons (Fsp3) is 0.625. The number of likely N-dealkylation sites (N-methyl/N-ethyl adjacent to an activating group) is 1. The molecule has 4 nitrogen and oxygen atoms in total. The number of methoxy groups -OCH3 is 1. The monoisotopic (exact) mass is 312 g/mol.